The fourth-order valence-corrected chi connectivity index (χ4v) is 3.26. The van der Waals surface area contributed by atoms with Gasteiger partial charge in [-0.1, -0.05) is 31.9 Å². The first kappa shape index (κ1) is 19.6. The molecule has 0 fully saturated rings. The van der Waals surface area contributed by atoms with E-state index in [9.17, 15) is 9.59 Å². The lowest BCUT2D eigenvalue weighted by atomic mass is 10.1. The van der Waals surface area contributed by atoms with E-state index in [1.807, 2.05) is 44.2 Å². The zero-order valence-electron chi connectivity index (χ0n) is 16.6. The van der Waals surface area contributed by atoms with Crippen LogP contribution in [0.15, 0.2) is 42.6 Å². The van der Waals surface area contributed by atoms with Gasteiger partial charge in [-0.15, -0.1) is 0 Å². The Morgan fingerprint density at radius 1 is 1.04 bits per heavy atom. The molecule has 0 aliphatic rings. The number of hydrogen-bond acceptors (Lipinski definition) is 3. The minimum atomic E-state index is -0.335. The zero-order chi connectivity index (χ0) is 20.1. The van der Waals surface area contributed by atoms with Crippen LogP contribution in [-0.2, 0) is 0 Å². The molecule has 3 rings (SSSR count). The zero-order valence-corrected chi connectivity index (χ0v) is 16.6. The van der Waals surface area contributed by atoms with Crippen molar-refractivity contribution in [1.82, 2.24) is 14.7 Å². The topological polar surface area (TPSA) is 75.5 Å². The molecule has 2 amide bonds. The molecule has 0 saturated heterocycles. The van der Waals surface area contributed by atoms with Gasteiger partial charge in [0.2, 0.25) is 5.82 Å². The maximum Gasteiger partial charge on any atom is 0.287 e. The highest BCUT2D eigenvalue weighted by Gasteiger charge is 2.21. The van der Waals surface area contributed by atoms with Gasteiger partial charge >= 0.3 is 0 Å². The summed E-state index contributed by atoms with van der Waals surface area (Å²) in [5, 5.41) is 5.79. The number of anilines is 1. The quantitative estimate of drug-likeness (QED) is 0.607. The average molecular weight is 378 g/mol. The smallest absolute Gasteiger partial charge is 0.287 e. The number of nitrogens with zero attached hydrogens (tertiary/aromatic N) is 2. The van der Waals surface area contributed by atoms with Gasteiger partial charge < -0.3 is 10.6 Å². The number of pyridine rings is 1. The Morgan fingerprint density at radius 3 is 2.50 bits per heavy atom. The summed E-state index contributed by atoms with van der Waals surface area (Å²) in [6.07, 6.45) is 4.82. The standard InChI is InChI=1S/C22H26N4O2/c1-4-5-7-10-23-22(28)20-25-19(18-9-6-8-11-26(18)20)21(27)24-17-13-15(2)12-16(3)14-17/h6,8-9,11-14H,4-5,7,10H2,1-3H3,(H,23,28)(H,24,27). The van der Waals surface area contributed by atoms with Crippen LogP contribution < -0.4 is 10.6 Å². The third-order valence-electron chi connectivity index (χ3n) is 4.51. The lowest BCUT2D eigenvalue weighted by Crippen LogP contribution is -2.26. The van der Waals surface area contributed by atoms with Crippen molar-refractivity contribution in [3.05, 3.63) is 65.2 Å². The lowest BCUT2D eigenvalue weighted by molar-refractivity contribution is 0.0942. The molecule has 28 heavy (non-hydrogen) atoms. The van der Waals surface area contributed by atoms with Crippen LogP contribution in [0.3, 0.4) is 0 Å². The summed E-state index contributed by atoms with van der Waals surface area (Å²) in [6.45, 7) is 6.67. The molecule has 6 nitrogen and oxygen atoms in total. The van der Waals surface area contributed by atoms with Crippen molar-refractivity contribution in [2.24, 2.45) is 0 Å². The molecule has 1 aromatic carbocycles. The molecule has 0 radical (unpaired) electrons. The molecule has 146 valence electrons. The summed E-state index contributed by atoms with van der Waals surface area (Å²) in [5.74, 6) is -0.390. The van der Waals surface area contributed by atoms with Gasteiger partial charge in [-0.25, -0.2) is 4.98 Å². The van der Waals surface area contributed by atoms with Gasteiger partial charge in [0.15, 0.2) is 5.69 Å². The second-order valence-electron chi connectivity index (χ2n) is 7.03. The summed E-state index contributed by atoms with van der Waals surface area (Å²) in [7, 11) is 0. The van der Waals surface area contributed by atoms with Crippen molar-refractivity contribution < 1.29 is 9.59 Å². The SMILES string of the molecule is CCCCCNC(=O)c1nc(C(=O)Nc2cc(C)cc(C)c2)c2ccccn12. The first-order valence-corrected chi connectivity index (χ1v) is 9.64. The number of nitrogens with one attached hydrogen (secondary N) is 2. The van der Waals surface area contributed by atoms with Gasteiger partial charge in [-0.3, -0.25) is 14.0 Å². The third kappa shape index (κ3) is 4.39. The maximum atomic E-state index is 12.9. The van der Waals surface area contributed by atoms with Crippen LogP contribution in [0.1, 0.15) is 58.4 Å². The molecule has 2 aromatic heterocycles. The monoisotopic (exact) mass is 378 g/mol. The van der Waals surface area contributed by atoms with E-state index in [1.165, 1.54) is 0 Å². The van der Waals surface area contributed by atoms with Crippen molar-refractivity contribution in [3.8, 4) is 0 Å². The molecule has 6 heteroatoms. The molecule has 2 heterocycles. The minimum absolute atomic E-state index is 0.220. The van der Waals surface area contributed by atoms with Crippen LogP contribution in [0, 0.1) is 13.8 Å². The van der Waals surface area contributed by atoms with Crippen molar-refractivity contribution in [1.29, 1.82) is 0 Å². The van der Waals surface area contributed by atoms with E-state index in [-0.39, 0.29) is 23.3 Å². The van der Waals surface area contributed by atoms with Crippen LogP contribution in [0.25, 0.3) is 5.52 Å². The summed E-state index contributed by atoms with van der Waals surface area (Å²) >= 11 is 0. The molecule has 0 bridgehead atoms. The molecular weight excluding hydrogens is 352 g/mol. The highest BCUT2D eigenvalue weighted by atomic mass is 16.2. The molecule has 0 unspecified atom stereocenters. The van der Waals surface area contributed by atoms with Gasteiger partial charge in [0.05, 0.1) is 5.52 Å². The molecule has 0 saturated carbocycles. The molecule has 0 aliphatic heterocycles. The fourth-order valence-electron chi connectivity index (χ4n) is 3.26. The second-order valence-corrected chi connectivity index (χ2v) is 7.03. The third-order valence-corrected chi connectivity index (χ3v) is 4.51. The van der Waals surface area contributed by atoms with Gasteiger partial charge in [0.1, 0.15) is 0 Å². The first-order valence-electron chi connectivity index (χ1n) is 9.64. The maximum absolute atomic E-state index is 12.9. The molecule has 3 aromatic rings. The van der Waals surface area contributed by atoms with Crippen LogP contribution in [-0.4, -0.2) is 27.7 Å². The average Bonchev–Trinajstić information content (AvgIpc) is 3.04. The summed E-state index contributed by atoms with van der Waals surface area (Å²) < 4.78 is 1.66. The summed E-state index contributed by atoms with van der Waals surface area (Å²) in [4.78, 5) is 29.8. The molecule has 2 N–H and O–H groups in total. The summed E-state index contributed by atoms with van der Waals surface area (Å²) in [6, 6.07) is 11.3. The Balaban J connectivity index is 1.87. The van der Waals surface area contributed by atoms with Crippen LogP contribution in [0.2, 0.25) is 0 Å². The fraction of sp³-hybridized carbons (Fsp3) is 0.318. The van der Waals surface area contributed by atoms with Crippen molar-refractivity contribution >= 4 is 23.0 Å². The number of carbonyl (C=O) groups is 2. The van der Waals surface area contributed by atoms with Gasteiger partial charge in [-0.05, 0) is 55.7 Å². The number of hydrogen-bond donors (Lipinski definition) is 2. The number of imidazole rings is 1. The number of rotatable bonds is 7. The normalized spacial score (nSPS) is 10.8. The predicted molar refractivity (Wildman–Crippen MR) is 111 cm³/mol. The van der Waals surface area contributed by atoms with E-state index in [2.05, 4.69) is 22.5 Å². The number of carbonyl (C=O) groups excluding carboxylic acids is 2. The Kier molecular flexibility index (Phi) is 6.09. The van der Waals surface area contributed by atoms with Gasteiger partial charge in [0, 0.05) is 18.4 Å². The molecule has 0 spiro atoms. The Labute approximate surface area is 165 Å². The minimum Gasteiger partial charge on any atom is -0.349 e. The molecule has 0 atom stereocenters. The highest BCUT2D eigenvalue weighted by molar-refractivity contribution is 6.09. The number of benzene rings is 1. The number of aromatic nitrogens is 2. The van der Waals surface area contributed by atoms with Crippen molar-refractivity contribution in [2.45, 2.75) is 40.0 Å². The van der Waals surface area contributed by atoms with E-state index >= 15 is 0 Å². The number of aryl methyl sites for hydroxylation is 2. The first-order chi connectivity index (χ1) is 13.5. The van der Waals surface area contributed by atoms with E-state index < -0.39 is 0 Å². The van der Waals surface area contributed by atoms with Gasteiger partial charge in [-0.2, -0.15) is 0 Å². The Hall–Kier alpha value is -3.15. The van der Waals surface area contributed by atoms with Crippen LogP contribution in [0.5, 0.6) is 0 Å². The van der Waals surface area contributed by atoms with Gasteiger partial charge in [0.25, 0.3) is 11.8 Å². The van der Waals surface area contributed by atoms with Crippen molar-refractivity contribution in [3.63, 3.8) is 0 Å². The Bertz CT molecular complexity index is 987. The van der Waals surface area contributed by atoms with Crippen molar-refractivity contribution in [2.75, 3.05) is 11.9 Å². The van der Waals surface area contributed by atoms with E-state index in [4.69, 9.17) is 0 Å². The Morgan fingerprint density at radius 2 is 1.79 bits per heavy atom. The highest BCUT2D eigenvalue weighted by Crippen LogP contribution is 2.18. The van der Waals surface area contributed by atoms with Crippen LogP contribution >= 0.6 is 0 Å². The lowest BCUT2D eigenvalue weighted by Gasteiger charge is -2.06. The molecular formula is C22H26N4O2. The number of amides is 2. The second kappa shape index (κ2) is 8.69. The predicted octanol–water partition coefficient (Wildman–Crippen LogP) is 4.12. The van der Waals surface area contributed by atoms with E-state index in [0.29, 0.717) is 17.7 Å². The van der Waals surface area contributed by atoms with E-state index in [1.54, 1.807) is 16.7 Å². The largest absolute Gasteiger partial charge is 0.349 e. The summed E-state index contributed by atoms with van der Waals surface area (Å²) in [5.41, 5.74) is 3.68. The molecule has 0 aliphatic carbocycles. The van der Waals surface area contributed by atoms with E-state index in [0.717, 1.165) is 30.4 Å². The number of unbranched alkanes of at least 4 members (excludes halogenated alkanes) is 2. The number of fused-ring (bicyclic) bond motifs is 1. The van der Waals surface area contributed by atoms with Crippen LogP contribution in [0.4, 0.5) is 5.69 Å².